The summed E-state index contributed by atoms with van der Waals surface area (Å²) in [6.07, 6.45) is 5.35. The van der Waals surface area contributed by atoms with Gasteiger partial charge in [-0.05, 0) is 57.0 Å². The Bertz CT molecular complexity index is 611. The van der Waals surface area contributed by atoms with E-state index in [0.717, 1.165) is 54.9 Å². The molecule has 2 N–H and O–H groups in total. The number of nitrogens with one attached hydrogen (secondary N) is 2. The molecule has 1 fully saturated rings. The molecular formula is C17H23N3O. The lowest BCUT2D eigenvalue weighted by Crippen LogP contribution is -2.39. The molecule has 1 amide bonds. The van der Waals surface area contributed by atoms with Gasteiger partial charge in [0, 0.05) is 35.8 Å². The van der Waals surface area contributed by atoms with Crippen LogP contribution in [-0.2, 0) is 0 Å². The van der Waals surface area contributed by atoms with E-state index in [0.29, 0.717) is 0 Å². The molecule has 2 heterocycles. The Morgan fingerprint density at radius 3 is 2.90 bits per heavy atom. The van der Waals surface area contributed by atoms with Crippen LogP contribution in [0.1, 0.15) is 29.6 Å². The van der Waals surface area contributed by atoms with Crippen LogP contribution in [0.2, 0.25) is 0 Å². The van der Waals surface area contributed by atoms with Gasteiger partial charge in [-0.2, -0.15) is 0 Å². The van der Waals surface area contributed by atoms with Crippen LogP contribution in [0.4, 0.5) is 0 Å². The third kappa shape index (κ3) is 2.95. The van der Waals surface area contributed by atoms with Crippen molar-refractivity contribution in [3.63, 3.8) is 0 Å². The first kappa shape index (κ1) is 14.1. The average Bonchev–Trinajstić information content (AvgIpc) is 3.01. The summed E-state index contributed by atoms with van der Waals surface area (Å²) in [5, 5.41) is 4.24. The lowest BCUT2D eigenvalue weighted by atomic mass is 9.93. The number of hydrogen-bond acceptors (Lipinski definition) is 2. The molecule has 0 bridgehead atoms. The number of hydrogen-bond donors (Lipinski definition) is 2. The van der Waals surface area contributed by atoms with Gasteiger partial charge in [0.1, 0.15) is 0 Å². The predicted molar refractivity (Wildman–Crippen MR) is 85.5 cm³/mol. The molecule has 0 radical (unpaired) electrons. The van der Waals surface area contributed by atoms with Gasteiger partial charge in [0.15, 0.2) is 0 Å². The lowest BCUT2D eigenvalue weighted by molar-refractivity contribution is 0.0689. The molecule has 4 heteroatoms. The number of piperidine rings is 1. The summed E-state index contributed by atoms with van der Waals surface area (Å²) >= 11 is 0. The molecule has 1 aliphatic rings. The SMILES string of the molecule is CNCCC1CCN(C(=O)c2cccc3[nH]ccc23)CC1. The number of rotatable bonds is 4. The van der Waals surface area contributed by atoms with Gasteiger partial charge in [0.25, 0.3) is 5.91 Å². The van der Waals surface area contributed by atoms with E-state index < -0.39 is 0 Å². The first-order valence-electron chi connectivity index (χ1n) is 7.79. The summed E-state index contributed by atoms with van der Waals surface area (Å²) in [5.74, 6) is 0.928. The van der Waals surface area contributed by atoms with E-state index in [-0.39, 0.29) is 5.91 Å². The maximum absolute atomic E-state index is 12.7. The van der Waals surface area contributed by atoms with Gasteiger partial charge in [-0.15, -0.1) is 0 Å². The molecule has 1 aromatic carbocycles. The molecule has 1 saturated heterocycles. The number of nitrogens with zero attached hydrogens (tertiary/aromatic N) is 1. The Balaban J connectivity index is 1.68. The van der Waals surface area contributed by atoms with E-state index in [1.165, 1.54) is 6.42 Å². The minimum absolute atomic E-state index is 0.173. The summed E-state index contributed by atoms with van der Waals surface area (Å²) in [7, 11) is 2.00. The maximum Gasteiger partial charge on any atom is 0.254 e. The van der Waals surface area contributed by atoms with Crippen LogP contribution in [-0.4, -0.2) is 42.5 Å². The summed E-state index contributed by atoms with van der Waals surface area (Å²) in [6, 6.07) is 7.88. The van der Waals surface area contributed by atoms with Crippen LogP contribution < -0.4 is 5.32 Å². The zero-order valence-electron chi connectivity index (χ0n) is 12.6. The molecule has 0 unspecified atom stereocenters. The number of H-pyrrole nitrogens is 1. The lowest BCUT2D eigenvalue weighted by Gasteiger charge is -2.32. The van der Waals surface area contributed by atoms with Crippen molar-refractivity contribution in [3.05, 3.63) is 36.0 Å². The molecule has 4 nitrogen and oxygen atoms in total. The Hall–Kier alpha value is -1.81. The summed E-state index contributed by atoms with van der Waals surface area (Å²) < 4.78 is 0. The molecule has 0 saturated carbocycles. The van der Waals surface area contributed by atoms with Gasteiger partial charge in [-0.25, -0.2) is 0 Å². The van der Waals surface area contributed by atoms with Gasteiger partial charge in [-0.1, -0.05) is 6.07 Å². The van der Waals surface area contributed by atoms with E-state index in [2.05, 4.69) is 10.3 Å². The van der Waals surface area contributed by atoms with Gasteiger partial charge < -0.3 is 15.2 Å². The number of carbonyl (C=O) groups is 1. The van der Waals surface area contributed by atoms with E-state index in [9.17, 15) is 4.79 Å². The van der Waals surface area contributed by atoms with Crippen LogP contribution >= 0.6 is 0 Å². The van der Waals surface area contributed by atoms with Crippen LogP contribution in [0.25, 0.3) is 10.9 Å². The van der Waals surface area contributed by atoms with Gasteiger partial charge in [-0.3, -0.25) is 4.79 Å². The maximum atomic E-state index is 12.7. The van der Waals surface area contributed by atoms with Crippen molar-refractivity contribution in [2.24, 2.45) is 5.92 Å². The molecule has 112 valence electrons. The first-order valence-corrected chi connectivity index (χ1v) is 7.79. The highest BCUT2D eigenvalue weighted by Gasteiger charge is 2.24. The monoisotopic (exact) mass is 285 g/mol. The molecule has 21 heavy (non-hydrogen) atoms. The first-order chi connectivity index (χ1) is 10.3. The Morgan fingerprint density at radius 1 is 1.33 bits per heavy atom. The molecule has 0 atom stereocenters. The molecule has 2 aromatic rings. The number of aromatic amines is 1. The van der Waals surface area contributed by atoms with Crippen LogP contribution in [0.5, 0.6) is 0 Å². The summed E-state index contributed by atoms with van der Waals surface area (Å²) in [5.41, 5.74) is 1.85. The van der Waals surface area contributed by atoms with E-state index in [4.69, 9.17) is 0 Å². The third-order valence-electron chi connectivity index (χ3n) is 4.53. The molecule has 3 rings (SSSR count). The van der Waals surface area contributed by atoms with Crippen LogP contribution in [0.15, 0.2) is 30.5 Å². The second kappa shape index (κ2) is 6.31. The fourth-order valence-electron chi connectivity index (χ4n) is 3.22. The Kier molecular flexibility index (Phi) is 4.25. The zero-order valence-corrected chi connectivity index (χ0v) is 12.6. The average molecular weight is 285 g/mol. The number of amides is 1. The van der Waals surface area contributed by atoms with Crippen molar-refractivity contribution < 1.29 is 4.79 Å². The fraction of sp³-hybridized carbons (Fsp3) is 0.471. The molecule has 0 spiro atoms. The predicted octanol–water partition coefficient (Wildman–Crippen LogP) is 2.63. The standard InChI is InChI=1S/C17H23N3O/c1-18-9-5-13-7-11-20(12-8-13)17(21)15-3-2-4-16-14(15)6-10-19-16/h2-4,6,10,13,18-19H,5,7-9,11-12H2,1H3. The molecule has 0 aliphatic carbocycles. The van der Waals surface area contributed by atoms with Crippen molar-refractivity contribution in [1.29, 1.82) is 0 Å². The number of likely N-dealkylation sites (tertiary alicyclic amines) is 1. The normalized spacial score (nSPS) is 16.5. The number of carbonyl (C=O) groups excluding carboxylic acids is 1. The largest absolute Gasteiger partial charge is 0.361 e. The highest BCUT2D eigenvalue weighted by atomic mass is 16.2. The third-order valence-corrected chi connectivity index (χ3v) is 4.53. The second-order valence-electron chi connectivity index (χ2n) is 5.87. The second-order valence-corrected chi connectivity index (χ2v) is 5.87. The molecular weight excluding hydrogens is 262 g/mol. The zero-order chi connectivity index (χ0) is 14.7. The van der Waals surface area contributed by atoms with Gasteiger partial charge in [0.05, 0.1) is 0 Å². The van der Waals surface area contributed by atoms with Gasteiger partial charge in [0.2, 0.25) is 0 Å². The Morgan fingerprint density at radius 2 is 2.14 bits per heavy atom. The number of fused-ring (bicyclic) bond motifs is 1. The van der Waals surface area contributed by atoms with Crippen molar-refractivity contribution in [1.82, 2.24) is 15.2 Å². The highest BCUT2D eigenvalue weighted by Crippen LogP contribution is 2.24. The molecule has 1 aromatic heterocycles. The van der Waals surface area contributed by atoms with Crippen LogP contribution in [0.3, 0.4) is 0 Å². The quantitative estimate of drug-likeness (QED) is 0.907. The topological polar surface area (TPSA) is 48.1 Å². The van der Waals surface area contributed by atoms with E-state index in [1.807, 2.05) is 42.4 Å². The summed E-state index contributed by atoms with van der Waals surface area (Å²) in [6.45, 7) is 2.84. The van der Waals surface area contributed by atoms with E-state index in [1.54, 1.807) is 0 Å². The van der Waals surface area contributed by atoms with Crippen molar-refractivity contribution in [3.8, 4) is 0 Å². The van der Waals surface area contributed by atoms with Crippen molar-refractivity contribution in [2.45, 2.75) is 19.3 Å². The van der Waals surface area contributed by atoms with Crippen molar-refractivity contribution >= 4 is 16.8 Å². The van der Waals surface area contributed by atoms with Crippen molar-refractivity contribution in [2.75, 3.05) is 26.7 Å². The van der Waals surface area contributed by atoms with Gasteiger partial charge >= 0.3 is 0 Å². The summed E-state index contributed by atoms with van der Waals surface area (Å²) in [4.78, 5) is 17.9. The molecule has 1 aliphatic heterocycles. The minimum Gasteiger partial charge on any atom is -0.361 e. The number of benzene rings is 1. The minimum atomic E-state index is 0.173. The highest BCUT2D eigenvalue weighted by molar-refractivity contribution is 6.06. The van der Waals surface area contributed by atoms with Crippen LogP contribution in [0, 0.1) is 5.92 Å². The number of aromatic nitrogens is 1. The Labute approximate surface area is 125 Å². The smallest absolute Gasteiger partial charge is 0.254 e. The van der Waals surface area contributed by atoms with E-state index >= 15 is 0 Å². The fourth-order valence-corrected chi connectivity index (χ4v) is 3.22.